The van der Waals surface area contributed by atoms with Gasteiger partial charge in [-0.2, -0.15) is 5.26 Å². The molecule has 0 aliphatic rings. The first-order valence-electron chi connectivity index (χ1n) is 6.35. The van der Waals surface area contributed by atoms with Crippen molar-refractivity contribution in [3.8, 4) is 6.07 Å². The zero-order valence-corrected chi connectivity index (χ0v) is 10.9. The number of aryl methyl sites for hydroxylation is 1. The second kappa shape index (κ2) is 6.50. The lowest BCUT2D eigenvalue weighted by molar-refractivity contribution is 0.871. The number of hydrogen-bond acceptors (Lipinski definition) is 4. The molecule has 1 aromatic carbocycles. The molecular formula is C15H16N4. The van der Waals surface area contributed by atoms with Gasteiger partial charge in [0.25, 0.3) is 0 Å². The normalized spacial score (nSPS) is 9.89. The number of anilines is 1. The van der Waals surface area contributed by atoms with E-state index < -0.39 is 0 Å². The number of nitrogens with one attached hydrogen (secondary N) is 1. The highest BCUT2D eigenvalue weighted by atomic mass is 15.0. The quantitative estimate of drug-likeness (QED) is 0.888. The molecule has 1 N–H and O–H groups in total. The van der Waals surface area contributed by atoms with Crippen LogP contribution in [0.25, 0.3) is 0 Å². The summed E-state index contributed by atoms with van der Waals surface area (Å²) >= 11 is 0. The maximum absolute atomic E-state index is 8.85. The number of nitrogens with zero attached hydrogens (tertiary/aromatic N) is 3. The molecular weight excluding hydrogens is 236 g/mol. The Kier molecular flexibility index (Phi) is 4.46. The van der Waals surface area contributed by atoms with Crippen LogP contribution in [0.5, 0.6) is 0 Å². The average molecular weight is 252 g/mol. The molecule has 4 nitrogen and oxygen atoms in total. The van der Waals surface area contributed by atoms with Crippen LogP contribution < -0.4 is 5.32 Å². The van der Waals surface area contributed by atoms with E-state index in [4.69, 9.17) is 5.26 Å². The molecule has 0 unspecified atom stereocenters. The predicted octanol–water partition coefficient (Wildman–Crippen LogP) is 2.91. The Balaban J connectivity index is 2.01. The third kappa shape index (κ3) is 3.78. The van der Waals surface area contributed by atoms with Crippen molar-refractivity contribution < 1.29 is 0 Å². The molecule has 0 bridgehead atoms. The maximum Gasteiger partial charge on any atom is 0.129 e. The first-order valence-corrected chi connectivity index (χ1v) is 6.35. The summed E-state index contributed by atoms with van der Waals surface area (Å²) in [6.07, 6.45) is 3.61. The molecule has 1 aromatic heterocycles. The second-order valence-corrected chi connectivity index (χ2v) is 4.31. The van der Waals surface area contributed by atoms with E-state index in [9.17, 15) is 0 Å². The Morgan fingerprint density at radius 2 is 2.16 bits per heavy atom. The fourth-order valence-corrected chi connectivity index (χ4v) is 1.83. The van der Waals surface area contributed by atoms with Gasteiger partial charge < -0.3 is 5.32 Å². The molecule has 0 aliphatic carbocycles. The smallest absolute Gasteiger partial charge is 0.129 e. The molecule has 0 fully saturated rings. The van der Waals surface area contributed by atoms with Crippen LogP contribution in [0.15, 0.2) is 36.7 Å². The van der Waals surface area contributed by atoms with Gasteiger partial charge in [0, 0.05) is 18.3 Å². The lowest BCUT2D eigenvalue weighted by atomic mass is 10.1. The number of nitriles is 1. The van der Waals surface area contributed by atoms with E-state index in [2.05, 4.69) is 28.3 Å². The van der Waals surface area contributed by atoms with E-state index in [1.807, 2.05) is 24.3 Å². The van der Waals surface area contributed by atoms with E-state index in [1.54, 1.807) is 12.4 Å². The van der Waals surface area contributed by atoms with E-state index in [0.29, 0.717) is 12.1 Å². The fourth-order valence-electron chi connectivity index (χ4n) is 1.83. The summed E-state index contributed by atoms with van der Waals surface area (Å²) in [6, 6.07) is 11.7. The predicted molar refractivity (Wildman–Crippen MR) is 74.5 cm³/mol. The maximum atomic E-state index is 8.85. The van der Waals surface area contributed by atoms with Gasteiger partial charge in [0.05, 0.1) is 11.6 Å². The molecule has 0 aliphatic heterocycles. The number of benzene rings is 1. The summed E-state index contributed by atoms with van der Waals surface area (Å²) in [4.78, 5) is 8.41. The van der Waals surface area contributed by atoms with Crippen molar-refractivity contribution in [3.05, 3.63) is 53.5 Å². The van der Waals surface area contributed by atoms with Gasteiger partial charge in [-0.3, -0.25) is 0 Å². The van der Waals surface area contributed by atoms with Crippen LogP contribution in [0, 0.1) is 11.3 Å². The van der Waals surface area contributed by atoms with E-state index in [-0.39, 0.29) is 0 Å². The van der Waals surface area contributed by atoms with Crippen LogP contribution >= 0.6 is 0 Å². The lowest BCUT2D eigenvalue weighted by Crippen LogP contribution is -2.03. The molecule has 0 saturated heterocycles. The van der Waals surface area contributed by atoms with Gasteiger partial charge in [-0.05, 0) is 24.1 Å². The van der Waals surface area contributed by atoms with Crippen molar-refractivity contribution in [2.45, 2.75) is 26.3 Å². The summed E-state index contributed by atoms with van der Waals surface area (Å²) in [5, 5.41) is 12.1. The van der Waals surface area contributed by atoms with Crippen LogP contribution in [0.1, 0.15) is 30.2 Å². The Labute approximate surface area is 113 Å². The van der Waals surface area contributed by atoms with Gasteiger partial charge >= 0.3 is 0 Å². The Bertz CT molecular complexity index is 587. The summed E-state index contributed by atoms with van der Waals surface area (Å²) in [5.74, 6) is 0.820. The van der Waals surface area contributed by atoms with E-state index in [0.717, 1.165) is 29.9 Å². The molecule has 2 rings (SSSR count). The van der Waals surface area contributed by atoms with Crippen LogP contribution in [-0.2, 0) is 13.0 Å². The molecule has 0 atom stereocenters. The van der Waals surface area contributed by atoms with E-state index >= 15 is 0 Å². The minimum atomic E-state index is 0.651. The Morgan fingerprint density at radius 1 is 1.26 bits per heavy atom. The zero-order chi connectivity index (χ0) is 13.5. The number of rotatable bonds is 5. The second-order valence-electron chi connectivity index (χ2n) is 4.31. The SMILES string of the molecule is CCCc1cc(NCc2cccc(C#N)c2)ncn1. The highest BCUT2D eigenvalue weighted by Gasteiger charge is 1.99. The minimum Gasteiger partial charge on any atom is -0.366 e. The molecule has 0 radical (unpaired) electrons. The highest BCUT2D eigenvalue weighted by molar-refractivity contribution is 5.38. The minimum absolute atomic E-state index is 0.651. The number of aromatic nitrogens is 2. The van der Waals surface area contributed by atoms with Crippen LogP contribution in [-0.4, -0.2) is 9.97 Å². The van der Waals surface area contributed by atoms with Gasteiger partial charge in [-0.15, -0.1) is 0 Å². The molecule has 2 aromatic rings. The third-order valence-corrected chi connectivity index (χ3v) is 2.76. The Morgan fingerprint density at radius 3 is 2.95 bits per heavy atom. The molecule has 1 heterocycles. The third-order valence-electron chi connectivity index (χ3n) is 2.76. The molecule has 4 heteroatoms. The van der Waals surface area contributed by atoms with Crippen molar-refractivity contribution in [2.75, 3.05) is 5.32 Å². The summed E-state index contributed by atoms with van der Waals surface area (Å²) in [5.41, 5.74) is 2.79. The monoisotopic (exact) mass is 252 g/mol. The highest BCUT2D eigenvalue weighted by Crippen LogP contribution is 2.09. The summed E-state index contributed by atoms with van der Waals surface area (Å²) in [7, 11) is 0. The van der Waals surface area contributed by atoms with Gasteiger partial charge in [0.2, 0.25) is 0 Å². The Hall–Kier alpha value is -2.41. The van der Waals surface area contributed by atoms with Crippen molar-refractivity contribution >= 4 is 5.82 Å². The van der Waals surface area contributed by atoms with E-state index in [1.165, 1.54) is 0 Å². The summed E-state index contributed by atoms with van der Waals surface area (Å²) < 4.78 is 0. The fraction of sp³-hybridized carbons (Fsp3) is 0.267. The molecule has 0 saturated carbocycles. The topological polar surface area (TPSA) is 61.6 Å². The van der Waals surface area contributed by atoms with Crippen LogP contribution in [0.2, 0.25) is 0 Å². The van der Waals surface area contributed by atoms with Gasteiger partial charge in [-0.1, -0.05) is 25.5 Å². The molecule has 19 heavy (non-hydrogen) atoms. The average Bonchev–Trinajstić information content (AvgIpc) is 2.46. The number of hydrogen-bond donors (Lipinski definition) is 1. The molecule has 0 spiro atoms. The zero-order valence-electron chi connectivity index (χ0n) is 10.9. The van der Waals surface area contributed by atoms with Gasteiger partial charge in [-0.25, -0.2) is 9.97 Å². The van der Waals surface area contributed by atoms with Gasteiger partial charge in [0.15, 0.2) is 0 Å². The largest absolute Gasteiger partial charge is 0.366 e. The molecule has 0 amide bonds. The van der Waals surface area contributed by atoms with Crippen molar-refractivity contribution in [3.63, 3.8) is 0 Å². The van der Waals surface area contributed by atoms with Gasteiger partial charge in [0.1, 0.15) is 12.1 Å². The summed E-state index contributed by atoms with van der Waals surface area (Å²) in [6.45, 7) is 2.78. The van der Waals surface area contributed by atoms with Crippen molar-refractivity contribution in [1.29, 1.82) is 5.26 Å². The lowest BCUT2D eigenvalue weighted by Gasteiger charge is -2.07. The first-order chi connectivity index (χ1) is 9.31. The van der Waals surface area contributed by atoms with Crippen LogP contribution in [0.3, 0.4) is 0 Å². The first kappa shape index (κ1) is 13.0. The molecule has 96 valence electrons. The standard InChI is InChI=1S/C15H16N4/c1-2-4-14-8-15(19-11-18-14)17-10-13-6-3-5-12(7-13)9-16/h3,5-8,11H,2,4,10H2,1H3,(H,17,18,19). The van der Waals surface area contributed by atoms with Crippen LogP contribution in [0.4, 0.5) is 5.82 Å². The van der Waals surface area contributed by atoms with Crippen molar-refractivity contribution in [2.24, 2.45) is 0 Å². The van der Waals surface area contributed by atoms with Crippen molar-refractivity contribution in [1.82, 2.24) is 9.97 Å².